The van der Waals surface area contributed by atoms with Crippen molar-refractivity contribution in [2.75, 3.05) is 26.3 Å². The normalized spacial score (nSPS) is 19.8. The molecule has 9 heteroatoms. The minimum Gasteiger partial charge on any atom is -0.378 e. The van der Waals surface area contributed by atoms with Gasteiger partial charge in [-0.25, -0.2) is 0 Å². The summed E-state index contributed by atoms with van der Waals surface area (Å²) < 4.78 is 7.61. The Balaban J connectivity index is 1.49. The van der Waals surface area contributed by atoms with Crippen molar-refractivity contribution in [1.29, 1.82) is 5.41 Å². The number of ether oxygens (including phenoxy) is 1. The highest BCUT2D eigenvalue weighted by Gasteiger charge is 2.37. The number of nitrogens with zero attached hydrogens (tertiary/aromatic N) is 5. The summed E-state index contributed by atoms with van der Waals surface area (Å²) in [5.41, 5.74) is 6.78. The first kappa shape index (κ1) is 21.7. The fourth-order valence-corrected chi connectivity index (χ4v) is 5.25. The number of amides is 1. The SMILES string of the molecule is Cc1cccc(-n2c(C)cc(/C=C3\C(=N)N4N=C(N5CCOCC5)SC4=NC3=O)c2C)c1C. The van der Waals surface area contributed by atoms with Crippen LogP contribution in [0.2, 0.25) is 0 Å². The Hall–Kier alpha value is -3.17. The van der Waals surface area contributed by atoms with Crippen molar-refractivity contribution in [2.45, 2.75) is 27.7 Å². The third kappa shape index (κ3) is 3.71. The average molecular weight is 463 g/mol. The molecule has 0 saturated carbocycles. The monoisotopic (exact) mass is 462 g/mol. The largest absolute Gasteiger partial charge is 0.378 e. The molecule has 170 valence electrons. The number of aliphatic imine (C=N–C) groups is 1. The Morgan fingerprint density at radius 3 is 2.64 bits per heavy atom. The molecule has 33 heavy (non-hydrogen) atoms. The van der Waals surface area contributed by atoms with E-state index in [4.69, 9.17) is 10.1 Å². The third-order valence-electron chi connectivity index (χ3n) is 6.31. The van der Waals surface area contributed by atoms with E-state index in [1.807, 2.05) is 13.0 Å². The molecule has 8 nitrogen and oxygen atoms in total. The van der Waals surface area contributed by atoms with Crippen LogP contribution in [0, 0.1) is 33.1 Å². The van der Waals surface area contributed by atoms with Gasteiger partial charge in [0.1, 0.15) is 0 Å². The molecule has 1 amide bonds. The summed E-state index contributed by atoms with van der Waals surface area (Å²) in [4.78, 5) is 19.2. The van der Waals surface area contributed by atoms with Gasteiger partial charge in [0.2, 0.25) is 5.17 Å². The molecule has 5 rings (SSSR count). The number of rotatable bonds is 2. The number of amidine groups is 3. The van der Waals surface area contributed by atoms with E-state index in [9.17, 15) is 4.79 Å². The number of fused-ring (bicyclic) bond motifs is 1. The predicted molar refractivity (Wildman–Crippen MR) is 132 cm³/mol. The molecule has 1 N–H and O–H groups in total. The fraction of sp³-hybridized carbons (Fsp3) is 0.333. The predicted octanol–water partition coefficient (Wildman–Crippen LogP) is 3.62. The van der Waals surface area contributed by atoms with Gasteiger partial charge in [0.25, 0.3) is 5.91 Å². The van der Waals surface area contributed by atoms with E-state index in [1.54, 1.807) is 6.08 Å². The molecule has 0 bridgehead atoms. The molecule has 0 aliphatic carbocycles. The molecule has 3 aliphatic heterocycles. The maximum atomic E-state index is 12.9. The average Bonchev–Trinajstić information content (AvgIpc) is 3.34. The number of hydrogen-bond donors (Lipinski definition) is 1. The van der Waals surface area contributed by atoms with Crippen molar-refractivity contribution < 1.29 is 9.53 Å². The summed E-state index contributed by atoms with van der Waals surface area (Å²) in [6.07, 6.45) is 1.77. The Bertz CT molecular complexity index is 1270. The summed E-state index contributed by atoms with van der Waals surface area (Å²) in [6, 6.07) is 8.31. The lowest BCUT2D eigenvalue weighted by molar-refractivity contribution is -0.114. The van der Waals surface area contributed by atoms with E-state index in [-0.39, 0.29) is 11.4 Å². The second-order valence-corrected chi connectivity index (χ2v) is 9.32. The van der Waals surface area contributed by atoms with Crippen molar-refractivity contribution in [3.05, 3.63) is 57.9 Å². The number of aromatic nitrogens is 1. The van der Waals surface area contributed by atoms with Crippen LogP contribution in [0.25, 0.3) is 11.8 Å². The first-order valence-corrected chi connectivity index (χ1v) is 11.7. The molecule has 1 saturated heterocycles. The Morgan fingerprint density at radius 1 is 1.12 bits per heavy atom. The molecule has 4 heterocycles. The van der Waals surface area contributed by atoms with Crippen LogP contribution >= 0.6 is 11.8 Å². The highest BCUT2D eigenvalue weighted by molar-refractivity contribution is 8.26. The zero-order valence-corrected chi connectivity index (χ0v) is 20.0. The van der Waals surface area contributed by atoms with Crippen LogP contribution < -0.4 is 0 Å². The number of carbonyl (C=O) groups is 1. The summed E-state index contributed by atoms with van der Waals surface area (Å²) >= 11 is 1.33. The highest BCUT2D eigenvalue weighted by Crippen LogP contribution is 2.31. The van der Waals surface area contributed by atoms with Gasteiger partial charge in [-0.3, -0.25) is 10.2 Å². The highest BCUT2D eigenvalue weighted by atomic mass is 32.2. The number of thioether (sulfide) groups is 1. The second kappa shape index (κ2) is 8.31. The number of hydrazone groups is 1. The van der Waals surface area contributed by atoms with Gasteiger partial charge in [-0.05, 0) is 74.4 Å². The Kier molecular flexibility index (Phi) is 5.46. The Morgan fingerprint density at radius 2 is 1.88 bits per heavy atom. The lowest BCUT2D eigenvalue weighted by Crippen LogP contribution is -2.39. The van der Waals surface area contributed by atoms with Gasteiger partial charge in [-0.2, -0.15) is 10.0 Å². The lowest BCUT2D eigenvalue weighted by Gasteiger charge is -2.26. The van der Waals surface area contributed by atoms with Gasteiger partial charge >= 0.3 is 0 Å². The maximum absolute atomic E-state index is 12.9. The molecule has 2 aromatic rings. The van der Waals surface area contributed by atoms with Crippen LogP contribution in [0.5, 0.6) is 0 Å². The number of carbonyl (C=O) groups excluding carboxylic acids is 1. The maximum Gasteiger partial charge on any atom is 0.283 e. The number of hydrogen-bond acceptors (Lipinski definition) is 6. The minimum atomic E-state index is -0.409. The van der Waals surface area contributed by atoms with E-state index in [0.29, 0.717) is 18.4 Å². The summed E-state index contributed by atoms with van der Waals surface area (Å²) in [5.74, 6) is -0.356. The number of morpholine rings is 1. The van der Waals surface area contributed by atoms with Crippen LogP contribution in [0.15, 0.2) is 39.9 Å². The van der Waals surface area contributed by atoms with Gasteiger partial charge in [0.05, 0.1) is 18.8 Å². The van der Waals surface area contributed by atoms with Crippen molar-refractivity contribution in [3.63, 3.8) is 0 Å². The molecule has 0 radical (unpaired) electrons. The fourth-order valence-electron chi connectivity index (χ4n) is 4.30. The van der Waals surface area contributed by atoms with Crippen molar-refractivity contribution in [1.82, 2.24) is 14.5 Å². The molecule has 3 aliphatic rings. The van der Waals surface area contributed by atoms with E-state index in [0.717, 1.165) is 40.9 Å². The quantitative estimate of drug-likeness (QED) is 0.689. The van der Waals surface area contributed by atoms with Gasteiger partial charge < -0.3 is 14.2 Å². The molecule has 1 aromatic heterocycles. The molecule has 1 aromatic carbocycles. The zero-order chi connectivity index (χ0) is 23.3. The topological polar surface area (TPSA) is 86.3 Å². The number of benzene rings is 1. The zero-order valence-electron chi connectivity index (χ0n) is 19.2. The summed E-state index contributed by atoms with van der Waals surface area (Å²) in [5, 5.41) is 15.9. The van der Waals surface area contributed by atoms with E-state index < -0.39 is 5.91 Å². The molecule has 0 unspecified atom stereocenters. The molecule has 0 atom stereocenters. The summed E-state index contributed by atoms with van der Waals surface area (Å²) in [7, 11) is 0. The first-order chi connectivity index (χ1) is 15.8. The van der Waals surface area contributed by atoms with Gasteiger partial charge in [-0.15, -0.1) is 5.10 Å². The standard InChI is InChI=1S/C24H26N6O2S/c1-14-6-5-7-20(16(14)3)29-15(2)12-18(17(29)4)13-19-21(25)30-23(26-22(19)31)33-24(27-30)28-8-10-32-11-9-28/h5-7,12-13,25H,8-11H2,1-4H3/b19-13+,25-21?. The van der Waals surface area contributed by atoms with E-state index in [1.165, 1.54) is 27.9 Å². The van der Waals surface area contributed by atoms with Crippen LogP contribution in [-0.2, 0) is 9.53 Å². The van der Waals surface area contributed by atoms with Gasteiger partial charge in [0.15, 0.2) is 11.0 Å². The van der Waals surface area contributed by atoms with Crippen LogP contribution in [-0.4, -0.2) is 62.9 Å². The van der Waals surface area contributed by atoms with E-state index in [2.05, 4.69) is 58.5 Å². The van der Waals surface area contributed by atoms with E-state index >= 15 is 0 Å². The number of aryl methyl sites for hydroxylation is 2. The van der Waals surface area contributed by atoms with Gasteiger partial charge in [-0.1, -0.05) is 12.1 Å². The second-order valence-electron chi connectivity index (χ2n) is 8.38. The van der Waals surface area contributed by atoms with Crippen LogP contribution in [0.3, 0.4) is 0 Å². The van der Waals surface area contributed by atoms with Crippen molar-refractivity contribution in [2.24, 2.45) is 10.1 Å². The van der Waals surface area contributed by atoms with Crippen LogP contribution in [0.1, 0.15) is 28.1 Å². The first-order valence-electron chi connectivity index (χ1n) is 10.9. The third-order valence-corrected chi connectivity index (χ3v) is 7.28. The molecule has 1 fully saturated rings. The smallest absolute Gasteiger partial charge is 0.283 e. The van der Waals surface area contributed by atoms with Crippen molar-refractivity contribution >= 4 is 39.9 Å². The number of nitrogens with one attached hydrogen (secondary N) is 1. The molecular weight excluding hydrogens is 436 g/mol. The molecular formula is C24H26N6O2S. The Labute approximate surface area is 197 Å². The van der Waals surface area contributed by atoms with Gasteiger partial charge in [0, 0.05) is 30.2 Å². The lowest BCUT2D eigenvalue weighted by atomic mass is 10.1. The summed E-state index contributed by atoms with van der Waals surface area (Å²) in [6.45, 7) is 11.1. The minimum absolute atomic E-state index is 0.0531. The van der Waals surface area contributed by atoms with Crippen LogP contribution in [0.4, 0.5) is 0 Å². The van der Waals surface area contributed by atoms with Crippen molar-refractivity contribution in [3.8, 4) is 5.69 Å². The molecule has 0 spiro atoms.